The molecule has 5 heteroatoms. The van der Waals surface area contributed by atoms with Crippen LogP contribution >= 0.6 is 0 Å². The van der Waals surface area contributed by atoms with Crippen LogP contribution in [0.15, 0.2) is 18.2 Å². The maximum atomic E-state index is 12.3. The van der Waals surface area contributed by atoms with Gasteiger partial charge in [-0.15, -0.1) is 0 Å². The molecule has 1 saturated heterocycles. The Balaban J connectivity index is 1.81. The van der Waals surface area contributed by atoms with Gasteiger partial charge in [0.05, 0.1) is 0 Å². The Morgan fingerprint density at radius 1 is 1.25 bits per heavy atom. The second-order valence-corrected chi connectivity index (χ2v) is 5.21. The monoisotopic (exact) mass is 272 g/mol. The molecule has 1 fully saturated rings. The highest BCUT2D eigenvalue weighted by Crippen LogP contribution is 2.25. The van der Waals surface area contributed by atoms with Crippen LogP contribution in [0.3, 0.4) is 0 Å². The summed E-state index contributed by atoms with van der Waals surface area (Å²) in [5, 5.41) is 5.51. The molecule has 2 amide bonds. The van der Waals surface area contributed by atoms with Gasteiger partial charge in [0, 0.05) is 24.1 Å². The van der Waals surface area contributed by atoms with Crippen molar-refractivity contribution in [1.82, 2.24) is 10.6 Å². The normalized spacial score (nSPS) is 21.3. The number of Topliss-reactive ketones (excluding diaryl/α,β-unsaturated/α-hetero) is 1. The van der Waals surface area contributed by atoms with Gasteiger partial charge < -0.3 is 10.6 Å². The number of ketones is 1. The third kappa shape index (κ3) is 2.19. The number of nitrogens with one attached hydrogen (secondary N) is 2. The molecular weight excluding hydrogens is 256 g/mol. The molecule has 0 saturated carbocycles. The lowest BCUT2D eigenvalue weighted by atomic mass is 10.0. The summed E-state index contributed by atoms with van der Waals surface area (Å²) < 4.78 is 0. The van der Waals surface area contributed by atoms with Crippen LogP contribution in [-0.4, -0.2) is 30.2 Å². The number of carbonyl (C=O) groups is 3. The summed E-state index contributed by atoms with van der Waals surface area (Å²) in [6.45, 7) is 0.667. The van der Waals surface area contributed by atoms with Crippen LogP contribution < -0.4 is 10.6 Å². The predicted octanol–water partition coefficient (Wildman–Crippen LogP) is 0.824. The zero-order chi connectivity index (χ0) is 14.1. The molecule has 0 bridgehead atoms. The molecule has 20 heavy (non-hydrogen) atoms. The summed E-state index contributed by atoms with van der Waals surface area (Å²) in [7, 11) is 0. The molecule has 104 valence electrons. The van der Waals surface area contributed by atoms with Gasteiger partial charge in [0.2, 0.25) is 5.91 Å². The van der Waals surface area contributed by atoms with Crippen molar-refractivity contribution in [2.45, 2.75) is 31.7 Å². The standard InChI is InChI=1S/C15H16N2O3/c18-13-7-6-9-10(13)3-1-4-11(9)14(19)17-12-5-2-8-16-15(12)20/h1,3-4,12H,2,5-8H2,(H,16,20)(H,17,19)/t12-/m1/s1. The highest BCUT2D eigenvalue weighted by atomic mass is 16.2. The van der Waals surface area contributed by atoms with Gasteiger partial charge in [-0.1, -0.05) is 12.1 Å². The molecule has 1 aliphatic heterocycles. The van der Waals surface area contributed by atoms with Gasteiger partial charge >= 0.3 is 0 Å². The Labute approximate surface area is 116 Å². The smallest absolute Gasteiger partial charge is 0.252 e. The third-order valence-corrected chi connectivity index (χ3v) is 3.91. The van der Waals surface area contributed by atoms with Crippen molar-refractivity contribution in [3.63, 3.8) is 0 Å². The quantitative estimate of drug-likeness (QED) is 0.837. The largest absolute Gasteiger partial charge is 0.354 e. The number of piperidine rings is 1. The summed E-state index contributed by atoms with van der Waals surface area (Å²) in [5.74, 6) is -0.308. The molecule has 1 heterocycles. The van der Waals surface area contributed by atoms with Crippen molar-refractivity contribution >= 4 is 17.6 Å². The molecule has 2 N–H and O–H groups in total. The van der Waals surface area contributed by atoms with Crippen LogP contribution in [0.4, 0.5) is 0 Å². The molecule has 0 radical (unpaired) electrons. The van der Waals surface area contributed by atoms with Gasteiger partial charge in [-0.2, -0.15) is 0 Å². The highest BCUT2D eigenvalue weighted by molar-refractivity contribution is 6.06. The second kappa shape index (κ2) is 5.07. The van der Waals surface area contributed by atoms with Gasteiger partial charge in [0.25, 0.3) is 5.91 Å². The Morgan fingerprint density at radius 3 is 2.90 bits per heavy atom. The summed E-state index contributed by atoms with van der Waals surface area (Å²) in [6, 6.07) is 4.73. The average molecular weight is 272 g/mol. The van der Waals surface area contributed by atoms with Crippen molar-refractivity contribution in [2.75, 3.05) is 6.54 Å². The van der Waals surface area contributed by atoms with Gasteiger partial charge in [-0.3, -0.25) is 14.4 Å². The molecular formula is C15H16N2O3. The maximum absolute atomic E-state index is 12.3. The van der Waals surface area contributed by atoms with Crippen LogP contribution in [-0.2, 0) is 11.2 Å². The number of hydrogen-bond acceptors (Lipinski definition) is 3. The zero-order valence-electron chi connectivity index (χ0n) is 11.1. The van der Waals surface area contributed by atoms with Crippen molar-refractivity contribution in [3.8, 4) is 0 Å². The van der Waals surface area contributed by atoms with Crippen LogP contribution in [0.5, 0.6) is 0 Å². The molecule has 1 aliphatic carbocycles. The third-order valence-electron chi connectivity index (χ3n) is 3.91. The molecule has 3 rings (SSSR count). The first-order valence-corrected chi connectivity index (χ1v) is 6.90. The van der Waals surface area contributed by atoms with Crippen molar-refractivity contribution < 1.29 is 14.4 Å². The minimum atomic E-state index is -0.468. The highest BCUT2D eigenvalue weighted by Gasteiger charge is 2.28. The molecule has 1 aromatic carbocycles. The van der Waals surface area contributed by atoms with E-state index in [4.69, 9.17) is 0 Å². The van der Waals surface area contributed by atoms with E-state index < -0.39 is 6.04 Å². The van der Waals surface area contributed by atoms with E-state index in [1.165, 1.54) is 0 Å². The van der Waals surface area contributed by atoms with E-state index in [0.29, 0.717) is 36.9 Å². The fourth-order valence-electron chi connectivity index (χ4n) is 2.85. The second-order valence-electron chi connectivity index (χ2n) is 5.21. The van der Waals surface area contributed by atoms with Crippen molar-refractivity contribution in [3.05, 3.63) is 34.9 Å². The van der Waals surface area contributed by atoms with Gasteiger partial charge in [-0.05, 0) is 30.9 Å². The molecule has 0 unspecified atom stereocenters. The molecule has 1 aromatic rings. The number of hydrogen-bond donors (Lipinski definition) is 2. The first-order chi connectivity index (χ1) is 9.66. The van der Waals surface area contributed by atoms with E-state index in [-0.39, 0.29) is 17.6 Å². The molecule has 0 spiro atoms. The minimum absolute atomic E-state index is 0.0880. The van der Waals surface area contributed by atoms with Crippen molar-refractivity contribution in [2.24, 2.45) is 0 Å². The average Bonchev–Trinajstić information content (AvgIpc) is 2.83. The van der Waals surface area contributed by atoms with Gasteiger partial charge in [-0.25, -0.2) is 0 Å². The van der Waals surface area contributed by atoms with Crippen LogP contribution in [0, 0.1) is 0 Å². The zero-order valence-corrected chi connectivity index (χ0v) is 11.1. The van der Waals surface area contributed by atoms with E-state index in [1.807, 2.05) is 0 Å². The topological polar surface area (TPSA) is 75.3 Å². The summed E-state index contributed by atoms with van der Waals surface area (Å²) in [5.41, 5.74) is 1.98. The molecule has 1 atom stereocenters. The molecule has 2 aliphatic rings. The first-order valence-electron chi connectivity index (χ1n) is 6.90. The number of amides is 2. The van der Waals surface area contributed by atoms with Crippen molar-refractivity contribution in [1.29, 1.82) is 0 Å². The van der Waals surface area contributed by atoms with Crippen LogP contribution in [0.25, 0.3) is 0 Å². The van der Waals surface area contributed by atoms with E-state index in [0.717, 1.165) is 12.0 Å². The predicted molar refractivity (Wildman–Crippen MR) is 72.6 cm³/mol. The Kier molecular flexibility index (Phi) is 3.26. The van der Waals surface area contributed by atoms with Gasteiger partial charge in [0.15, 0.2) is 5.78 Å². The minimum Gasteiger partial charge on any atom is -0.354 e. The summed E-state index contributed by atoms with van der Waals surface area (Å²) >= 11 is 0. The van der Waals surface area contributed by atoms with E-state index in [9.17, 15) is 14.4 Å². The fourth-order valence-corrected chi connectivity index (χ4v) is 2.85. The molecule has 0 aromatic heterocycles. The number of benzene rings is 1. The van der Waals surface area contributed by atoms with Gasteiger partial charge in [0.1, 0.15) is 6.04 Å². The van der Waals surface area contributed by atoms with E-state index in [1.54, 1.807) is 18.2 Å². The number of carbonyl (C=O) groups excluding carboxylic acids is 3. The number of rotatable bonds is 2. The SMILES string of the molecule is O=C1CCc2c1cccc2C(=O)N[C@@H]1CCCNC1=O. The lowest BCUT2D eigenvalue weighted by molar-refractivity contribution is -0.124. The van der Waals surface area contributed by atoms with Crippen LogP contribution in [0.2, 0.25) is 0 Å². The lowest BCUT2D eigenvalue weighted by Crippen LogP contribution is -2.50. The Morgan fingerprint density at radius 2 is 2.10 bits per heavy atom. The summed E-state index contributed by atoms with van der Waals surface area (Å²) in [4.78, 5) is 35.7. The fraction of sp³-hybridized carbons (Fsp3) is 0.400. The molecule has 5 nitrogen and oxygen atoms in total. The lowest BCUT2D eigenvalue weighted by Gasteiger charge is -2.23. The summed E-state index contributed by atoms with van der Waals surface area (Å²) in [6.07, 6.45) is 2.59. The Bertz CT molecular complexity index is 595. The maximum Gasteiger partial charge on any atom is 0.252 e. The van der Waals surface area contributed by atoms with E-state index in [2.05, 4.69) is 10.6 Å². The van der Waals surface area contributed by atoms with Crippen LogP contribution in [0.1, 0.15) is 45.5 Å². The Hall–Kier alpha value is -2.17. The first kappa shape index (κ1) is 12.8. The van der Waals surface area contributed by atoms with E-state index >= 15 is 0 Å². The number of fused-ring (bicyclic) bond motifs is 1.